The van der Waals surface area contributed by atoms with Crippen LogP contribution in [-0.4, -0.2) is 39.3 Å². The first kappa shape index (κ1) is 33.8. The summed E-state index contributed by atoms with van der Waals surface area (Å²) in [6, 6.07) is 19.4. The highest BCUT2D eigenvalue weighted by Crippen LogP contribution is 2.33. The van der Waals surface area contributed by atoms with Crippen LogP contribution in [0.5, 0.6) is 34.6 Å². The van der Waals surface area contributed by atoms with Crippen LogP contribution in [0.2, 0.25) is 10.0 Å². The van der Waals surface area contributed by atoms with E-state index >= 15 is 0 Å². The Kier molecular flexibility index (Phi) is 11.7. The average molecular weight is 654 g/mol. The molecule has 0 amide bonds. The first-order valence-electron chi connectivity index (χ1n) is 12.5. The zero-order valence-electron chi connectivity index (χ0n) is 22.9. The Bertz CT molecular complexity index is 1550. The first-order chi connectivity index (χ1) is 20.7. The number of aliphatic carboxylic acids is 2. The Hall–Kier alpha value is -4.68. The molecule has 3 aromatic carbocycles. The van der Waals surface area contributed by atoms with E-state index in [-0.39, 0.29) is 5.88 Å². The second-order valence-electron chi connectivity index (χ2n) is 8.80. The van der Waals surface area contributed by atoms with Crippen LogP contribution in [-0.2, 0) is 15.8 Å². The number of rotatable bonds is 10. The molecular weight excluding hydrogens is 630 g/mol. The molecule has 14 heteroatoms. The van der Waals surface area contributed by atoms with E-state index in [1.54, 1.807) is 42.5 Å². The van der Waals surface area contributed by atoms with Crippen LogP contribution >= 0.6 is 23.2 Å². The van der Waals surface area contributed by atoms with Crippen molar-refractivity contribution in [3.63, 3.8) is 0 Å². The molecule has 2 atom stereocenters. The summed E-state index contributed by atoms with van der Waals surface area (Å²) in [6.07, 6.45) is -5.69. The summed E-state index contributed by atoms with van der Waals surface area (Å²) in [5.41, 5.74) is -0.865. The number of hydrogen-bond donors (Lipinski definition) is 2. The van der Waals surface area contributed by atoms with Gasteiger partial charge in [-0.25, -0.2) is 14.6 Å². The van der Waals surface area contributed by atoms with Gasteiger partial charge in [0.2, 0.25) is 5.88 Å². The summed E-state index contributed by atoms with van der Waals surface area (Å²) in [6.45, 7) is 2.85. The third-order valence-corrected chi connectivity index (χ3v) is 5.91. The second kappa shape index (κ2) is 15.2. The molecule has 2 unspecified atom stereocenters. The molecule has 0 bridgehead atoms. The zero-order valence-corrected chi connectivity index (χ0v) is 24.4. The van der Waals surface area contributed by atoms with Crippen LogP contribution < -0.4 is 18.9 Å². The van der Waals surface area contributed by atoms with Crippen molar-refractivity contribution in [1.82, 2.24) is 4.98 Å². The quantitative estimate of drug-likeness (QED) is 0.174. The Balaban J connectivity index is 0.000000241. The lowest BCUT2D eigenvalue weighted by Gasteiger charge is -2.11. The normalized spacial score (nSPS) is 12.2. The number of carboxylic acids is 2. The van der Waals surface area contributed by atoms with Gasteiger partial charge >= 0.3 is 18.1 Å². The second-order valence-corrected chi connectivity index (χ2v) is 9.64. The van der Waals surface area contributed by atoms with Crippen LogP contribution in [0.4, 0.5) is 13.2 Å². The van der Waals surface area contributed by atoms with Crippen molar-refractivity contribution in [2.24, 2.45) is 0 Å². The van der Waals surface area contributed by atoms with E-state index in [1.807, 2.05) is 0 Å². The molecule has 2 N–H and O–H groups in total. The van der Waals surface area contributed by atoms with E-state index in [0.717, 1.165) is 12.1 Å². The fourth-order valence-electron chi connectivity index (χ4n) is 3.10. The van der Waals surface area contributed by atoms with Crippen molar-refractivity contribution in [1.29, 1.82) is 0 Å². The molecule has 4 aromatic rings. The highest BCUT2D eigenvalue weighted by atomic mass is 35.5. The van der Waals surface area contributed by atoms with E-state index in [4.69, 9.17) is 52.4 Å². The third-order valence-electron chi connectivity index (χ3n) is 5.38. The maximum atomic E-state index is 12.4. The minimum absolute atomic E-state index is 0.00516. The number of carboxylic acid groups (broad SMARTS) is 2. The number of alkyl halides is 3. The molecule has 0 radical (unpaired) electrons. The largest absolute Gasteiger partial charge is 0.479 e. The van der Waals surface area contributed by atoms with Crippen LogP contribution in [0, 0.1) is 0 Å². The minimum Gasteiger partial charge on any atom is -0.479 e. The van der Waals surface area contributed by atoms with Gasteiger partial charge in [0.1, 0.15) is 28.7 Å². The highest BCUT2D eigenvalue weighted by molar-refractivity contribution is 6.35. The zero-order chi connectivity index (χ0) is 32.4. The highest BCUT2D eigenvalue weighted by Gasteiger charge is 2.30. The number of benzene rings is 3. The lowest BCUT2D eigenvalue weighted by Crippen LogP contribution is -2.22. The van der Waals surface area contributed by atoms with Gasteiger partial charge in [-0.15, -0.1) is 0 Å². The lowest BCUT2D eigenvalue weighted by atomic mass is 10.3. The standard InChI is InChI=1S/C15H12Cl2O4.C15H12F3NO4/c1-9(15(18)19)20-11-3-5-12(6-4-11)21-14-7-2-10(16)8-13(14)17;1-9(14(20)21)22-11-3-5-12(6-4-11)23-13-7-2-10(8-19-13)15(16,17)18/h2-9H,1H3,(H,18,19);2-9H,1H3,(H,20,21). The molecule has 0 spiro atoms. The van der Waals surface area contributed by atoms with Gasteiger partial charge in [-0.2, -0.15) is 13.2 Å². The number of halogens is 5. The molecule has 1 heterocycles. The van der Waals surface area contributed by atoms with Crippen molar-refractivity contribution < 1.29 is 51.9 Å². The molecule has 44 heavy (non-hydrogen) atoms. The Morgan fingerprint density at radius 2 is 1.20 bits per heavy atom. The Morgan fingerprint density at radius 3 is 1.61 bits per heavy atom. The molecule has 0 saturated heterocycles. The van der Waals surface area contributed by atoms with E-state index in [9.17, 15) is 22.8 Å². The van der Waals surface area contributed by atoms with E-state index < -0.39 is 35.9 Å². The molecular formula is C30H24Cl2F3NO8. The fraction of sp³-hybridized carbons (Fsp3) is 0.167. The molecule has 1 aromatic heterocycles. The average Bonchev–Trinajstić information content (AvgIpc) is 2.96. The van der Waals surface area contributed by atoms with Crippen molar-refractivity contribution in [2.45, 2.75) is 32.2 Å². The van der Waals surface area contributed by atoms with Gasteiger partial charge in [-0.3, -0.25) is 0 Å². The van der Waals surface area contributed by atoms with Crippen LogP contribution in [0.15, 0.2) is 85.1 Å². The summed E-state index contributed by atoms with van der Waals surface area (Å²) >= 11 is 11.8. The molecule has 0 aliphatic rings. The molecule has 232 valence electrons. The summed E-state index contributed by atoms with van der Waals surface area (Å²) in [5, 5.41) is 18.4. The molecule has 0 aliphatic heterocycles. The summed E-state index contributed by atoms with van der Waals surface area (Å²) < 4.78 is 58.5. The lowest BCUT2D eigenvalue weighted by molar-refractivity contribution is -0.145. The predicted molar refractivity (Wildman–Crippen MR) is 154 cm³/mol. The van der Waals surface area contributed by atoms with E-state index in [1.165, 1.54) is 38.1 Å². The van der Waals surface area contributed by atoms with Crippen molar-refractivity contribution in [2.75, 3.05) is 0 Å². The van der Waals surface area contributed by atoms with E-state index in [2.05, 4.69) is 4.98 Å². The van der Waals surface area contributed by atoms with Gasteiger partial charge in [-0.1, -0.05) is 23.2 Å². The van der Waals surface area contributed by atoms with E-state index in [0.29, 0.717) is 45.0 Å². The van der Waals surface area contributed by atoms with Gasteiger partial charge in [0.25, 0.3) is 0 Å². The molecule has 9 nitrogen and oxygen atoms in total. The topological polar surface area (TPSA) is 124 Å². The van der Waals surface area contributed by atoms with Crippen LogP contribution in [0.1, 0.15) is 19.4 Å². The Labute approximate surface area is 259 Å². The van der Waals surface area contributed by atoms with Crippen molar-refractivity contribution in [3.05, 3.63) is 101 Å². The van der Waals surface area contributed by atoms with Crippen molar-refractivity contribution in [3.8, 4) is 34.6 Å². The van der Waals surface area contributed by atoms with Gasteiger partial charge in [0.05, 0.1) is 10.6 Å². The van der Waals surface area contributed by atoms with Gasteiger partial charge in [0.15, 0.2) is 12.2 Å². The smallest absolute Gasteiger partial charge is 0.417 e. The maximum Gasteiger partial charge on any atom is 0.417 e. The summed E-state index contributed by atoms with van der Waals surface area (Å²) in [4.78, 5) is 25.0. The molecule has 0 fully saturated rings. The molecule has 0 aliphatic carbocycles. The van der Waals surface area contributed by atoms with Gasteiger partial charge < -0.3 is 29.2 Å². The number of pyridine rings is 1. The van der Waals surface area contributed by atoms with Crippen LogP contribution in [0.25, 0.3) is 0 Å². The van der Waals surface area contributed by atoms with Gasteiger partial charge in [-0.05, 0) is 86.6 Å². The number of aromatic nitrogens is 1. The fourth-order valence-corrected chi connectivity index (χ4v) is 3.54. The maximum absolute atomic E-state index is 12.4. The predicted octanol–water partition coefficient (Wildman–Crippen LogP) is 8.38. The third kappa shape index (κ3) is 10.5. The van der Waals surface area contributed by atoms with Gasteiger partial charge in [0, 0.05) is 17.3 Å². The number of ether oxygens (including phenoxy) is 4. The molecule has 4 rings (SSSR count). The summed E-state index contributed by atoms with van der Waals surface area (Å²) in [7, 11) is 0. The SMILES string of the molecule is CC(Oc1ccc(Oc2ccc(C(F)(F)F)cn2)cc1)C(=O)O.CC(Oc1ccc(Oc2ccc(Cl)cc2Cl)cc1)C(=O)O. The summed E-state index contributed by atoms with van der Waals surface area (Å²) in [5.74, 6) is 0.0102. The monoisotopic (exact) mass is 653 g/mol. The number of nitrogens with zero attached hydrogens (tertiary/aromatic N) is 1. The first-order valence-corrected chi connectivity index (χ1v) is 13.3. The number of hydrogen-bond acceptors (Lipinski definition) is 7. The van der Waals surface area contributed by atoms with Crippen molar-refractivity contribution >= 4 is 35.1 Å². The number of carbonyl (C=O) groups is 2. The minimum atomic E-state index is -4.45. The molecule has 0 saturated carbocycles. The Morgan fingerprint density at radius 1 is 0.727 bits per heavy atom. The van der Waals surface area contributed by atoms with Crippen LogP contribution in [0.3, 0.4) is 0 Å².